The van der Waals surface area contributed by atoms with Gasteiger partial charge in [-0.25, -0.2) is 9.37 Å². The Morgan fingerprint density at radius 1 is 1.18 bits per heavy atom. The standard InChI is InChI=1S/C32H37FN2O4/c1-20(32(36)37)14-22-7-8-23-10-12-29(39-30(23)15-22)24-9-11-26(27-17-31(38-3)34-18-28(27)33)25(16-24)19-35-13-5-4-6-21(35)2/h7-9,11,15-18,20-21,29H,4-6,10,12-14,19H2,1-3H3,(H,36,37). The first-order valence-corrected chi connectivity index (χ1v) is 13.9. The van der Waals surface area contributed by atoms with Crippen LogP contribution in [0.2, 0.25) is 0 Å². The van der Waals surface area contributed by atoms with Crippen molar-refractivity contribution in [3.63, 3.8) is 0 Å². The van der Waals surface area contributed by atoms with Gasteiger partial charge in [0.2, 0.25) is 5.88 Å². The van der Waals surface area contributed by atoms with Crippen molar-refractivity contribution in [2.75, 3.05) is 13.7 Å². The molecule has 3 heterocycles. The Balaban J connectivity index is 1.47. The van der Waals surface area contributed by atoms with Gasteiger partial charge >= 0.3 is 5.97 Å². The Bertz CT molecular complexity index is 1340. The fourth-order valence-electron chi connectivity index (χ4n) is 5.77. The number of methoxy groups -OCH3 is 1. The third kappa shape index (κ3) is 6.09. The van der Waals surface area contributed by atoms with Crippen molar-refractivity contribution >= 4 is 5.97 Å². The van der Waals surface area contributed by atoms with E-state index in [-0.39, 0.29) is 11.9 Å². The summed E-state index contributed by atoms with van der Waals surface area (Å²) in [5.41, 5.74) is 5.56. The highest BCUT2D eigenvalue weighted by atomic mass is 19.1. The summed E-state index contributed by atoms with van der Waals surface area (Å²) in [6.45, 7) is 5.74. The summed E-state index contributed by atoms with van der Waals surface area (Å²) >= 11 is 0. The van der Waals surface area contributed by atoms with E-state index in [4.69, 9.17) is 9.47 Å². The smallest absolute Gasteiger partial charge is 0.306 e. The number of pyridine rings is 1. The molecule has 7 heteroatoms. The molecule has 1 fully saturated rings. The Kier molecular flexibility index (Phi) is 8.17. The molecule has 0 radical (unpaired) electrons. The topological polar surface area (TPSA) is 71.9 Å². The molecule has 6 nitrogen and oxygen atoms in total. The van der Waals surface area contributed by atoms with Crippen molar-refractivity contribution in [3.05, 3.63) is 76.7 Å². The maximum absolute atomic E-state index is 15.0. The number of carboxylic acid groups (broad SMARTS) is 1. The molecule has 5 rings (SSSR count). The minimum atomic E-state index is -0.801. The van der Waals surface area contributed by atoms with E-state index in [9.17, 15) is 9.90 Å². The number of likely N-dealkylation sites (tertiary alicyclic amines) is 1. The summed E-state index contributed by atoms with van der Waals surface area (Å²) in [4.78, 5) is 17.9. The van der Waals surface area contributed by atoms with Gasteiger partial charge in [0.1, 0.15) is 17.7 Å². The fraction of sp³-hybridized carbons (Fsp3) is 0.438. The molecule has 0 bridgehead atoms. The van der Waals surface area contributed by atoms with Gasteiger partial charge in [-0.05, 0) is 79.5 Å². The van der Waals surface area contributed by atoms with E-state index < -0.39 is 11.9 Å². The minimum absolute atomic E-state index is 0.131. The average molecular weight is 533 g/mol. The zero-order chi connectivity index (χ0) is 27.5. The highest BCUT2D eigenvalue weighted by molar-refractivity contribution is 5.70. The number of aryl methyl sites for hydroxylation is 1. The second kappa shape index (κ2) is 11.7. The van der Waals surface area contributed by atoms with Gasteiger partial charge in [-0.15, -0.1) is 0 Å². The monoisotopic (exact) mass is 532 g/mol. The van der Waals surface area contributed by atoms with Gasteiger partial charge in [0.05, 0.1) is 19.2 Å². The van der Waals surface area contributed by atoms with Gasteiger partial charge in [-0.3, -0.25) is 9.69 Å². The molecule has 206 valence electrons. The largest absolute Gasteiger partial charge is 0.485 e. The van der Waals surface area contributed by atoms with Crippen molar-refractivity contribution in [2.45, 2.75) is 71.1 Å². The summed E-state index contributed by atoms with van der Waals surface area (Å²) in [7, 11) is 1.54. The first kappa shape index (κ1) is 27.1. The Morgan fingerprint density at radius 3 is 2.79 bits per heavy atom. The summed E-state index contributed by atoms with van der Waals surface area (Å²) in [6.07, 6.45) is 6.85. The molecule has 1 saturated heterocycles. The molecule has 2 aromatic carbocycles. The molecule has 3 aromatic rings. The number of ether oxygens (including phenoxy) is 2. The lowest BCUT2D eigenvalue weighted by Gasteiger charge is -2.34. The number of benzene rings is 2. The maximum atomic E-state index is 15.0. The summed E-state index contributed by atoms with van der Waals surface area (Å²) in [6, 6.07) is 14.4. The van der Waals surface area contributed by atoms with E-state index in [0.717, 1.165) is 65.9 Å². The third-order valence-electron chi connectivity index (χ3n) is 8.18. The quantitative estimate of drug-likeness (QED) is 0.352. The van der Waals surface area contributed by atoms with Crippen LogP contribution >= 0.6 is 0 Å². The van der Waals surface area contributed by atoms with Crippen LogP contribution in [0.1, 0.15) is 67.9 Å². The van der Waals surface area contributed by atoms with Crippen molar-refractivity contribution < 1.29 is 23.8 Å². The molecule has 2 aliphatic rings. The number of hydrogen-bond acceptors (Lipinski definition) is 5. The van der Waals surface area contributed by atoms with Crippen LogP contribution < -0.4 is 9.47 Å². The highest BCUT2D eigenvalue weighted by Crippen LogP contribution is 2.38. The van der Waals surface area contributed by atoms with Crippen LogP contribution in [0.4, 0.5) is 4.39 Å². The predicted molar refractivity (Wildman–Crippen MR) is 149 cm³/mol. The van der Waals surface area contributed by atoms with Gasteiger partial charge in [0.25, 0.3) is 0 Å². The molecule has 0 spiro atoms. The van der Waals surface area contributed by atoms with Crippen molar-refractivity contribution in [2.24, 2.45) is 5.92 Å². The number of carbonyl (C=O) groups is 1. The van der Waals surface area contributed by atoms with Gasteiger partial charge < -0.3 is 14.6 Å². The van der Waals surface area contributed by atoms with E-state index in [2.05, 4.69) is 28.9 Å². The van der Waals surface area contributed by atoms with Crippen LogP contribution in [0.5, 0.6) is 11.6 Å². The van der Waals surface area contributed by atoms with Crippen LogP contribution in [0.3, 0.4) is 0 Å². The molecule has 1 N–H and O–H groups in total. The molecule has 1 aromatic heterocycles. The molecule has 0 amide bonds. The predicted octanol–water partition coefficient (Wildman–Crippen LogP) is 6.60. The first-order chi connectivity index (χ1) is 18.8. The van der Waals surface area contributed by atoms with Gasteiger partial charge in [-0.1, -0.05) is 43.7 Å². The lowest BCUT2D eigenvalue weighted by molar-refractivity contribution is -0.141. The summed E-state index contributed by atoms with van der Waals surface area (Å²) in [5.74, 6) is -0.427. The Morgan fingerprint density at radius 2 is 2.03 bits per heavy atom. The molecule has 0 saturated carbocycles. The van der Waals surface area contributed by atoms with E-state index in [1.807, 2.05) is 24.3 Å². The van der Waals surface area contributed by atoms with E-state index >= 15 is 4.39 Å². The maximum Gasteiger partial charge on any atom is 0.306 e. The molecule has 3 atom stereocenters. The summed E-state index contributed by atoms with van der Waals surface area (Å²) < 4.78 is 26.8. The SMILES string of the molecule is COc1cc(-c2ccc(C3CCc4ccc(CC(C)C(=O)O)cc4O3)cc2CN2CCCCC2C)c(F)cn1. The van der Waals surface area contributed by atoms with Crippen molar-refractivity contribution in [1.29, 1.82) is 0 Å². The molecular formula is C32H37FN2O4. The number of rotatable bonds is 8. The number of halogens is 1. The lowest BCUT2D eigenvalue weighted by atomic mass is 9.91. The van der Waals surface area contributed by atoms with Crippen molar-refractivity contribution in [1.82, 2.24) is 9.88 Å². The second-order valence-corrected chi connectivity index (χ2v) is 11.0. The van der Waals surface area contributed by atoms with E-state index in [0.29, 0.717) is 23.9 Å². The fourth-order valence-corrected chi connectivity index (χ4v) is 5.77. The molecule has 0 aliphatic carbocycles. The number of fused-ring (bicyclic) bond motifs is 1. The zero-order valence-electron chi connectivity index (χ0n) is 23.0. The van der Waals surface area contributed by atoms with Gasteiger partial charge in [0, 0.05) is 24.2 Å². The lowest BCUT2D eigenvalue weighted by Crippen LogP contribution is -2.36. The summed E-state index contributed by atoms with van der Waals surface area (Å²) in [5, 5.41) is 9.31. The Hall–Kier alpha value is -3.45. The van der Waals surface area contributed by atoms with Crippen LogP contribution in [-0.2, 0) is 24.2 Å². The average Bonchev–Trinajstić information content (AvgIpc) is 2.94. The third-order valence-corrected chi connectivity index (χ3v) is 8.18. The normalized spacial score (nSPS) is 20.1. The highest BCUT2D eigenvalue weighted by Gasteiger charge is 2.26. The number of nitrogens with zero attached hydrogens (tertiary/aromatic N) is 2. The van der Waals surface area contributed by atoms with Crippen LogP contribution in [0.15, 0.2) is 48.7 Å². The molecule has 2 aliphatic heterocycles. The second-order valence-electron chi connectivity index (χ2n) is 11.0. The van der Waals surface area contributed by atoms with E-state index in [1.54, 1.807) is 13.0 Å². The zero-order valence-corrected chi connectivity index (χ0v) is 23.0. The number of aromatic nitrogens is 1. The Labute approximate surface area is 229 Å². The van der Waals surface area contributed by atoms with Gasteiger partial charge in [-0.2, -0.15) is 0 Å². The van der Waals surface area contributed by atoms with Crippen LogP contribution in [0, 0.1) is 11.7 Å². The number of carboxylic acids is 1. The molecule has 39 heavy (non-hydrogen) atoms. The van der Waals surface area contributed by atoms with Crippen LogP contribution in [-0.4, -0.2) is 40.7 Å². The minimum Gasteiger partial charge on any atom is -0.485 e. The van der Waals surface area contributed by atoms with Gasteiger partial charge in [0.15, 0.2) is 0 Å². The number of hydrogen-bond donors (Lipinski definition) is 1. The number of aliphatic carboxylic acids is 1. The molecule has 3 unspecified atom stereocenters. The molecular weight excluding hydrogens is 495 g/mol. The first-order valence-electron chi connectivity index (χ1n) is 13.9. The van der Waals surface area contributed by atoms with E-state index in [1.165, 1.54) is 26.1 Å². The number of piperidine rings is 1. The van der Waals surface area contributed by atoms with Crippen molar-refractivity contribution in [3.8, 4) is 22.8 Å². The van der Waals surface area contributed by atoms with Crippen LogP contribution in [0.25, 0.3) is 11.1 Å².